The third kappa shape index (κ3) is 3.60. The number of hydrogen-bond donors (Lipinski definition) is 0. The third-order valence-electron chi connectivity index (χ3n) is 4.19. The molecule has 0 aliphatic carbocycles. The molecule has 1 saturated heterocycles. The Morgan fingerprint density at radius 3 is 2.35 bits per heavy atom. The van der Waals surface area contributed by atoms with E-state index in [1.807, 2.05) is 31.2 Å². The third-order valence-corrected chi connectivity index (χ3v) is 4.19. The van der Waals surface area contributed by atoms with Gasteiger partial charge in [0, 0.05) is 17.6 Å². The van der Waals surface area contributed by atoms with Crippen LogP contribution in [-0.2, 0) is 0 Å². The lowest BCUT2D eigenvalue weighted by Crippen LogP contribution is -2.46. The van der Waals surface area contributed by atoms with Gasteiger partial charge in [0.15, 0.2) is 5.78 Å². The number of hydrogen-bond acceptors (Lipinski definition) is 3. The quantitative estimate of drug-likeness (QED) is 0.770. The Morgan fingerprint density at radius 1 is 1.20 bits per heavy atom. The number of benzene rings is 1. The number of carbonyl (C=O) groups is 1. The molecular formula is C17H25NO2. The van der Waals surface area contributed by atoms with Crippen LogP contribution in [-0.4, -0.2) is 35.9 Å². The van der Waals surface area contributed by atoms with Crippen molar-refractivity contribution in [2.75, 3.05) is 13.2 Å². The highest BCUT2D eigenvalue weighted by Gasteiger charge is 2.26. The van der Waals surface area contributed by atoms with Crippen LogP contribution < -0.4 is 4.74 Å². The fourth-order valence-electron chi connectivity index (χ4n) is 2.95. The number of piperidine rings is 1. The van der Waals surface area contributed by atoms with Crippen molar-refractivity contribution in [1.82, 2.24) is 4.90 Å². The SMILES string of the molecule is CCOc1ccc(C(=O)CN2C(C)CCCC2C)cc1. The van der Waals surface area contributed by atoms with Crippen LogP contribution >= 0.6 is 0 Å². The minimum absolute atomic E-state index is 0.202. The summed E-state index contributed by atoms with van der Waals surface area (Å²) in [5.74, 6) is 1.03. The number of ketones is 1. The highest BCUT2D eigenvalue weighted by molar-refractivity contribution is 5.97. The molecule has 3 nitrogen and oxygen atoms in total. The van der Waals surface area contributed by atoms with Crippen LogP contribution in [0.5, 0.6) is 5.75 Å². The smallest absolute Gasteiger partial charge is 0.176 e. The Kier molecular flexibility index (Phi) is 5.18. The Morgan fingerprint density at radius 2 is 1.80 bits per heavy atom. The highest BCUT2D eigenvalue weighted by Crippen LogP contribution is 2.23. The molecule has 1 aliphatic heterocycles. The number of Topliss-reactive ketones (excluding diaryl/α,β-unsaturated/α-hetero) is 1. The average molecular weight is 275 g/mol. The van der Waals surface area contributed by atoms with E-state index in [1.54, 1.807) is 0 Å². The van der Waals surface area contributed by atoms with E-state index in [4.69, 9.17) is 4.74 Å². The van der Waals surface area contributed by atoms with E-state index in [0.29, 0.717) is 25.2 Å². The van der Waals surface area contributed by atoms with Crippen molar-refractivity contribution in [2.24, 2.45) is 0 Å². The van der Waals surface area contributed by atoms with Crippen molar-refractivity contribution in [3.8, 4) is 5.75 Å². The van der Waals surface area contributed by atoms with Gasteiger partial charge in [0.25, 0.3) is 0 Å². The van der Waals surface area contributed by atoms with Crippen LogP contribution in [0.1, 0.15) is 50.4 Å². The summed E-state index contributed by atoms with van der Waals surface area (Å²) in [7, 11) is 0. The van der Waals surface area contributed by atoms with E-state index in [1.165, 1.54) is 19.3 Å². The second-order valence-electron chi connectivity index (χ2n) is 5.68. The maximum atomic E-state index is 12.4. The Labute approximate surface area is 121 Å². The molecule has 1 heterocycles. The lowest BCUT2D eigenvalue weighted by atomic mass is 9.96. The van der Waals surface area contributed by atoms with Crippen LogP contribution in [0, 0.1) is 0 Å². The fraction of sp³-hybridized carbons (Fsp3) is 0.588. The molecule has 2 atom stereocenters. The normalized spacial score (nSPS) is 23.6. The zero-order chi connectivity index (χ0) is 14.5. The predicted molar refractivity (Wildman–Crippen MR) is 81.4 cm³/mol. The number of ether oxygens (including phenoxy) is 1. The summed E-state index contributed by atoms with van der Waals surface area (Å²) in [6.45, 7) is 7.58. The molecular weight excluding hydrogens is 250 g/mol. The average Bonchev–Trinajstić information content (AvgIpc) is 2.44. The molecule has 0 amide bonds. The standard InChI is InChI=1S/C17H25NO2/c1-4-20-16-10-8-15(9-11-16)17(19)12-18-13(2)6-5-7-14(18)3/h8-11,13-14H,4-7,12H2,1-3H3. The molecule has 0 saturated carbocycles. The van der Waals surface area contributed by atoms with Gasteiger partial charge >= 0.3 is 0 Å². The molecule has 1 aliphatic rings. The second kappa shape index (κ2) is 6.89. The molecule has 110 valence electrons. The zero-order valence-corrected chi connectivity index (χ0v) is 12.8. The van der Waals surface area contributed by atoms with Crippen LogP contribution in [0.15, 0.2) is 24.3 Å². The number of rotatable bonds is 5. The van der Waals surface area contributed by atoms with Gasteiger partial charge in [-0.05, 0) is 57.9 Å². The Hall–Kier alpha value is -1.35. The molecule has 1 fully saturated rings. The summed E-state index contributed by atoms with van der Waals surface area (Å²) >= 11 is 0. The maximum Gasteiger partial charge on any atom is 0.176 e. The summed E-state index contributed by atoms with van der Waals surface area (Å²) in [5, 5.41) is 0. The first-order valence-corrected chi connectivity index (χ1v) is 7.63. The van der Waals surface area contributed by atoms with Crippen molar-refractivity contribution in [2.45, 2.75) is 52.1 Å². The van der Waals surface area contributed by atoms with Crippen LogP contribution in [0.2, 0.25) is 0 Å². The van der Waals surface area contributed by atoms with Crippen molar-refractivity contribution < 1.29 is 9.53 Å². The summed E-state index contributed by atoms with van der Waals surface area (Å²) in [5.41, 5.74) is 0.776. The summed E-state index contributed by atoms with van der Waals surface area (Å²) in [6, 6.07) is 8.49. The first-order valence-electron chi connectivity index (χ1n) is 7.63. The van der Waals surface area contributed by atoms with E-state index in [9.17, 15) is 4.79 Å². The largest absolute Gasteiger partial charge is 0.494 e. The van der Waals surface area contributed by atoms with Crippen molar-refractivity contribution >= 4 is 5.78 Å². The van der Waals surface area contributed by atoms with Gasteiger partial charge in [-0.3, -0.25) is 9.69 Å². The van der Waals surface area contributed by atoms with Gasteiger partial charge in [0.1, 0.15) is 5.75 Å². The zero-order valence-electron chi connectivity index (χ0n) is 12.8. The van der Waals surface area contributed by atoms with Gasteiger partial charge in [-0.25, -0.2) is 0 Å². The van der Waals surface area contributed by atoms with Crippen molar-refractivity contribution in [3.05, 3.63) is 29.8 Å². The van der Waals surface area contributed by atoms with E-state index < -0.39 is 0 Å². The molecule has 0 aromatic heterocycles. The van der Waals surface area contributed by atoms with Gasteiger partial charge in [-0.1, -0.05) is 6.42 Å². The van der Waals surface area contributed by atoms with E-state index in [2.05, 4.69) is 18.7 Å². The van der Waals surface area contributed by atoms with Gasteiger partial charge in [-0.2, -0.15) is 0 Å². The molecule has 3 heteroatoms. The predicted octanol–water partition coefficient (Wildman–Crippen LogP) is 3.53. The van der Waals surface area contributed by atoms with Gasteiger partial charge in [0.2, 0.25) is 0 Å². The lowest BCUT2D eigenvalue weighted by Gasteiger charge is -2.38. The second-order valence-corrected chi connectivity index (χ2v) is 5.68. The lowest BCUT2D eigenvalue weighted by molar-refractivity contribution is 0.0734. The number of likely N-dealkylation sites (tertiary alicyclic amines) is 1. The molecule has 20 heavy (non-hydrogen) atoms. The summed E-state index contributed by atoms with van der Waals surface area (Å²) in [4.78, 5) is 14.7. The Balaban J connectivity index is 2.00. The molecule has 1 aromatic carbocycles. The number of carbonyl (C=O) groups excluding carboxylic acids is 1. The molecule has 0 radical (unpaired) electrons. The Bertz CT molecular complexity index is 431. The molecule has 0 spiro atoms. The first-order chi connectivity index (χ1) is 9.61. The van der Waals surface area contributed by atoms with Gasteiger partial charge in [0.05, 0.1) is 13.2 Å². The molecule has 0 bridgehead atoms. The van der Waals surface area contributed by atoms with Gasteiger partial charge < -0.3 is 4.74 Å². The van der Waals surface area contributed by atoms with Gasteiger partial charge in [-0.15, -0.1) is 0 Å². The minimum atomic E-state index is 0.202. The highest BCUT2D eigenvalue weighted by atomic mass is 16.5. The molecule has 1 aromatic rings. The monoisotopic (exact) mass is 275 g/mol. The maximum absolute atomic E-state index is 12.4. The summed E-state index contributed by atoms with van der Waals surface area (Å²) in [6.07, 6.45) is 3.66. The molecule has 2 rings (SSSR count). The van der Waals surface area contributed by atoms with E-state index in [0.717, 1.165) is 11.3 Å². The first kappa shape index (κ1) is 15.0. The molecule has 0 N–H and O–H groups in total. The summed E-state index contributed by atoms with van der Waals surface area (Å²) < 4.78 is 5.40. The number of nitrogens with zero attached hydrogens (tertiary/aromatic N) is 1. The fourth-order valence-corrected chi connectivity index (χ4v) is 2.95. The van der Waals surface area contributed by atoms with Crippen molar-refractivity contribution in [3.63, 3.8) is 0 Å². The van der Waals surface area contributed by atoms with E-state index in [-0.39, 0.29) is 5.78 Å². The molecule has 2 unspecified atom stereocenters. The van der Waals surface area contributed by atoms with Crippen LogP contribution in [0.25, 0.3) is 0 Å². The van der Waals surface area contributed by atoms with Crippen LogP contribution in [0.3, 0.4) is 0 Å². The topological polar surface area (TPSA) is 29.5 Å². The van der Waals surface area contributed by atoms with E-state index >= 15 is 0 Å². The van der Waals surface area contributed by atoms with Crippen LogP contribution in [0.4, 0.5) is 0 Å². The minimum Gasteiger partial charge on any atom is -0.494 e. The van der Waals surface area contributed by atoms with Crippen molar-refractivity contribution in [1.29, 1.82) is 0 Å².